The number of pyridine rings is 1. The van der Waals surface area contributed by atoms with E-state index in [1.165, 1.54) is 122 Å². The maximum Gasteiger partial charge on any atom is 0.221 e. The Morgan fingerprint density at radius 2 is 0.699 bits per heavy atom. The molecule has 0 fully saturated rings. The molecule has 1 unspecified atom stereocenters. The second-order valence-electron chi connectivity index (χ2n) is 20.1. The lowest BCUT2D eigenvalue weighted by molar-refractivity contribution is -0.724. The smallest absolute Gasteiger partial charge is 0.194 e. The van der Waals surface area contributed by atoms with Crippen LogP contribution < -0.4 is 4.57 Å². The monoisotopic (exact) mass is 938 g/mol. The largest absolute Gasteiger partial charge is 0.221 e. The molecular formula is C72H60N+. The fraction of sp³-hybridized carbons (Fsp3) is 0.125. The first kappa shape index (κ1) is 45.7. The summed E-state index contributed by atoms with van der Waals surface area (Å²) in [5.41, 5.74) is 24.6. The molecule has 2 heterocycles. The van der Waals surface area contributed by atoms with E-state index in [9.17, 15) is 0 Å². The van der Waals surface area contributed by atoms with E-state index in [1.807, 2.05) is 0 Å². The molecule has 1 heteroatoms. The Balaban J connectivity index is 1.07. The molecule has 0 N–H and O–H groups in total. The molecule has 1 aliphatic heterocycles. The van der Waals surface area contributed by atoms with Crippen LogP contribution in [0, 0.1) is 6.92 Å². The minimum atomic E-state index is 0.0334. The third kappa shape index (κ3) is 8.39. The molecule has 73 heavy (non-hydrogen) atoms. The second kappa shape index (κ2) is 19.3. The molecule has 0 radical (unpaired) electrons. The van der Waals surface area contributed by atoms with Crippen LogP contribution in [0.15, 0.2) is 249 Å². The van der Waals surface area contributed by atoms with Gasteiger partial charge in [0.15, 0.2) is 12.2 Å². The van der Waals surface area contributed by atoms with Crippen molar-refractivity contribution in [2.24, 2.45) is 0 Å². The predicted molar refractivity (Wildman–Crippen MR) is 309 cm³/mol. The summed E-state index contributed by atoms with van der Waals surface area (Å²) in [5, 5.41) is 2.66. The number of aromatic nitrogens is 1. The van der Waals surface area contributed by atoms with Crippen molar-refractivity contribution in [3.05, 3.63) is 260 Å². The van der Waals surface area contributed by atoms with Crippen LogP contribution in [0.5, 0.6) is 0 Å². The molecule has 1 nitrogen and oxygen atoms in total. The summed E-state index contributed by atoms with van der Waals surface area (Å²) < 4.78 is 2.64. The summed E-state index contributed by atoms with van der Waals surface area (Å²) in [7, 11) is 0. The van der Waals surface area contributed by atoms with Gasteiger partial charge >= 0.3 is 0 Å². The van der Waals surface area contributed by atoms with Crippen LogP contribution in [0.4, 0.5) is 0 Å². The second-order valence-corrected chi connectivity index (χ2v) is 20.1. The zero-order chi connectivity index (χ0) is 49.5. The molecule has 11 aromatic rings. The maximum atomic E-state index is 2.64. The van der Waals surface area contributed by atoms with Gasteiger partial charge < -0.3 is 0 Å². The van der Waals surface area contributed by atoms with E-state index in [0.29, 0.717) is 6.04 Å². The minimum Gasteiger partial charge on any atom is -0.194 e. The lowest BCUT2D eigenvalue weighted by Gasteiger charge is -2.41. The van der Waals surface area contributed by atoms with Gasteiger partial charge in [-0.05, 0) is 192 Å². The van der Waals surface area contributed by atoms with Gasteiger partial charge in [0.25, 0.3) is 0 Å². The molecule has 0 amide bonds. The summed E-state index contributed by atoms with van der Waals surface area (Å²) in [5.74, 6) is 0. The molecule has 1 atom stereocenters. The number of rotatable bonds is 11. The first-order chi connectivity index (χ1) is 35.9. The van der Waals surface area contributed by atoms with Gasteiger partial charge in [-0.1, -0.05) is 191 Å². The van der Waals surface area contributed by atoms with Crippen molar-refractivity contribution >= 4 is 10.8 Å². The van der Waals surface area contributed by atoms with E-state index < -0.39 is 0 Å². The quantitative estimate of drug-likeness (QED) is 0.114. The molecule has 1 aromatic heterocycles. The Morgan fingerprint density at radius 3 is 1.12 bits per heavy atom. The van der Waals surface area contributed by atoms with Crippen molar-refractivity contribution in [1.29, 1.82) is 0 Å². The van der Waals surface area contributed by atoms with Crippen LogP contribution in [-0.4, -0.2) is 0 Å². The Morgan fingerprint density at radius 1 is 0.342 bits per heavy atom. The van der Waals surface area contributed by atoms with Gasteiger partial charge in [-0.15, -0.1) is 0 Å². The summed E-state index contributed by atoms with van der Waals surface area (Å²) in [4.78, 5) is 0. The third-order valence-corrected chi connectivity index (χ3v) is 16.1. The summed E-state index contributed by atoms with van der Waals surface area (Å²) in [6.45, 7) is 9.45. The molecule has 1 aliphatic rings. The fourth-order valence-corrected chi connectivity index (χ4v) is 12.3. The maximum absolute atomic E-state index is 2.64. The zero-order valence-corrected chi connectivity index (χ0v) is 42.3. The molecule has 12 rings (SSSR count). The van der Waals surface area contributed by atoms with Crippen LogP contribution in [0.3, 0.4) is 0 Å². The highest BCUT2D eigenvalue weighted by atomic mass is 15.0. The zero-order valence-electron chi connectivity index (χ0n) is 42.3. The summed E-state index contributed by atoms with van der Waals surface area (Å²) in [6.07, 6.45) is 5.63. The van der Waals surface area contributed by atoms with Crippen molar-refractivity contribution in [3.8, 4) is 100 Å². The standard InChI is InChI=1S/C72H60N/c1-5-69-72(6-2,7-3)68-35-34-57(48-67(68)71-70-49(4)22-20-31-54(70)36-37-73(69)71)55-32-21-33-56(38-55)62-45-65(63-41-58(50-23-12-8-13-24-50)39-59(42-63)51-25-14-9-15-26-51)47-66(46-62)64-43-60(52-27-16-10-17-28-52)40-61(44-64)53-29-18-11-19-30-53/h8-48,69H,5-7H2,1-4H3/q+1. The molecule has 0 saturated heterocycles. The molecule has 0 spiro atoms. The van der Waals surface area contributed by atoms with Crippen molar-refractivity contribution in [2.75, 3.05) is 0 Å². The van der Waals surface area contributed by atoms with Gasteiger partial charge in [-0.3, -0.25) is 0 Å². The van der Waals surface area contributed by atoms with Crippen LogP contribution in [-0.2, 0) is 5.41 Å². The Bertz CT molecular complexity index is 3530. The molecule has 10 aromatic carbocycles. The fourth-order valence-electron chi connectivity index (χ4n) is 12.3. The number of benzene rings is 10. The first-order valence-corrected chi connectivity index (χ1v) is 26.3. The Labute approximate surface area is 431 Å². The van der Waals surface area contributed by atoms with Crippen LogP contribution in [0.25, 0.3) is 111 Å². The van der Waals surface area contributed by atoms with E-state index in [-0.39, 0.29) is 5.41 Å². The van der Waals surface area contributed by atoms with Gasteiger partial charge in [0.05, 0.1) is 16.4 Å². The predicted octanol–water partition coefficient (Wildman–Crippen LogP) is 19.5. The average molecular weight is 939 g/mol. The Kier molecular flexibility index (Phi) is 12.1. The number of hydrogen-bond acceptors (Lipinski definition) is 0. The van der Waals surface area contributed by atoms with Crippen LogP contribution in [0.2, 0.25) is 0 Å². The third-order valence-electron chi connectivity index (χ3n) is 16.1. The van der Waals surface area contributed by atoms with Crippen molar-refractivity contribution in [2.45, 2.75) is 58.4 Å². The number of hydrogen-bond donors (Lipinski definition) is 0. The number of nitrogens with zero attached hydrogens (tertiary/aromatic N) is 1. The lowest BCUT2D eigenvalue weighted by Crippen LogP contribution is -2.55. The highest BCUT2D eigenvalue weighted by Gasteiger charge is 2.49. The molecule has 352 valence electrons. The highest BCUT2D eigenvalue weighted by molar-refractivity contribution is 5.98. The van der Waals surface area contributed by atoms with E-state index in [0.717, 1.165) is 19.3 Å². The highest BCUT2D eigenvalue weighted by Crippen LogP contribution is 2.51. The average Bonchev–Trinajstić information content (AvgIpc) is 3.47. The minimum absolute atomic E-state index is 0.0334. The van der Waals surface area contributed by atoms with Gasteiger partial charge in [0, 0.05) is 12.5 Å². The molecule has 0 saturated carbocycles. The van der Waals surface area contributed by atoms with Gasteiger partial charge in [0.2, 0.25) is 5.69 Å². The van der Waals surface area contributed by atoms with Crippen molar-refractivity contribution in [3.63, 3.8) is 0 Å². The first-order valence-electron chi connectivity index (χ1n) is 26.3. The topological polar surface area (TPSA) is 3.88 Å². The summed E-state index contributed by atoms with van der Waals surface area (Å²) >= 11 is 0. The SMILES string of the molecule is CCC1[n+]2ccc3cccc(C)c3c2-c2cc(-c3cccc(-c4cc(-c5cc(-c6ccccc6)cc(-c6ccccc6)c5)cc(-c5cc(-c6ccccc6)cc(-c6ccccc6)c5)c4)c3)ccc2C1(CC)CC. The number of fused-ring (bicyclic) bond motifs is 5. The lowest BCUT2D eigenvalue weighted by atomic mass is 9.64. The Hall–Kier alpha value is -8.39. The van der Waals surface area contributed by atoms with Crippen LogP contribution >= 0.6 is 0 Å². The van der Waals surface area contributed by atoms with E-state index in [1.54, 1.807) is 0 Å². The van der Waals surface area contributed by atoms with Crippen molar-refractivity contribution in [1.82, 2.24) is 0 Å². The van der Waals surface area contributed by atoms with Gasteiger partial charge in [-0.25, -0.2) is 0 Å². The molecule has 0 bridgehead atoms. The van der Waals surface area contributed by atoms with E-state index >= 15 is 0 Å². The normalized spacial score (nSPS) is 13.6. The van der Waals surface area contributed by atoms with E-state index in [2.05, 4.69) is 281 Å². The van der Waals surface area contributed by atoms with Gasteiger partial charge in [0.1, 0.15) is 0 Å². The van der Waals surface area contributed by atoms with Crippen molar-refractivity contribution < 1.29 is 4.57 Å². The summed E-state index contributed by atoms with van der Waals surface area (Å²) in [6, 6.07) is 90.8. The van der Waals surface area contributed by atoms with Gasteiger partial charge in [-0.2, -0.15) is 4.57 Å². The molecule has 0 aliphatic carbocycles. The van der Waals surface area contributed by atoms with E-state index in [4.69, 9.17) is 0 Å². The molecular weight excluding hydrogens is 879 g/mol. The number of aryl methyl sites for hydroxylation is 1. The van der Waals surface area contributed by atoms with Crippen LogP contribution in [0.1, 0.15) is 57.2 Å².